The van der Waals surface area contributed by atoms with Gasteiger partial charge in [0.05, 0.1) is 22.0 Å². The zero-order chi connectivity index (χ0) is 32.6. The Kier molecular flexibility index (Phi) is 7.30. The van der Waals surface area contributed by atoms with E-state index in [0.717, 1.165) is 24.8 Å². The second kappa shape index (κ2) is 10.9. The maximum atomic E-state index is 16.5. The van der Waals surface area contributed by atoms with E-state index in [9.17, 15) is 26.3 Å². The van der Waals surface area contributed by atoms with Gasteiger partial charge in [-0.05, 0) is 50.8 Å². The number of aryl methyl sites for hydroxylation is 1. The summed E-state index contributed by atoms with van der Waals surface area (Å²) in [6.45, 7) is 2.55. The zero-order valence-corrected chi connectivity index (χ0v) is 24.8. The first-order chi connectivity index (χ1) is 21.8. The number of fused-ring (bicyclic) bond motifs is 4. The van der Waals surface area contributed by atoms with Gasteiger partial charge in [-0.3, -0.25) is 9.88 Å². The Balaban J connectivity index is 1.36. The fraction of sp³-hybridized carbons (Fsp3) is 0.533. The van der Waals surface area contributed by atoms with Crippen LogP contribution in [0.4, 0.5) is 42.4 Å². The molecule has 4 fully saturated rings. The van der Waals surface area contributed by atoms with Gasteiger partial charge in [0.15, 0.2) is 5.82 Å². The van der Waals surface area contributed by atoms with Crippen LogP contribution in [-0.4, -0.2) is 80.9 Å². The number of ether oxygens (including phenoxy) is 1. The molecule has 2 bridgehead atoms. The van der Waals surface area contributed by atoms with E-state index in [-0.39, 0.29) is 66.3 Å². The van der Waals surface area contributed by atoms with E-state index in [2.05, 4.69) is 25.3 Å². The smallest absolute Gasteiger partial charge is 0.418 e. The fourth-order valence-electron chi connectivity index (χ4n) is 7.81. The predicted molar refractivity (Wildman–Crippen MR) is 155 cm³/mol. The number of pyridine rings is 2. The lowest BCUT2D eigenvalue weighted by Gasteiger charge is -2.40. The number of aromatic nitrogens is 4. The van der Waals surface area contributed by atoms with Crippen molar-refractivity contribution in [3.8, 4) is 17.4 Å². The molecule has 16 heteroatoms. The van der Waals surface area contributed by atoms with Gasteiger partial charge in [-0.25, -0.2) is 13.8 Å². The molecule has 4 atom stereocenters. The van der Waals surface area contributed by atoms with Crippen LogP contribution in [0.25, 0.3) is 22.3 Å². The molecule has 4 aliphatic heterocycles. The summed E-state index contributed by atoms with van der Waals surface area (Å²) in [4.78, 5) is 20.5. The van der Waals surface area contributed by atoms with Gasteiger partial charge in [-0.1, -0.05) is 0 Å². The monoisotopic (exact) mass is 652 g/mol. The molecular formula is C30H31F7N8O. The molecule has 7 rings (SSSR count). The number of hydrogen-bond acceptors (Lipinski definition) is 9. The summed E-state index contributed by atoms with van der Waals surface area (Å²) in [5, 5.41) is 3.28. The van der Waals surface area contributed by atoms with Crippen LogP contribution in [0.2, 0.25) is 0 Å². The fourth-order valence-corrected chi connectivity index (χ4v) is 7.81. The van der Waals surface area contributed by atoms with Gasteiger partial charge in [-0.15, -0.1) is 0 Å². The summed E-state index contributed by atoms with van der Waals surface area (Å²) in [5.74, 6) is -1.33. The van der Waals surface area contributed by atoms with Crippen LogP contribution in [0.1, 0.15) is 43.2 Å². The molecule has 0 saturated carbocycles. The molecule has 3 aromatic heterocycles. The van der Waals surface area contributed by atoms with Gasteiger partial charge < -0.3 is 20.7 Å². The van der Waals surface area contributed by atoms with Crippen LogP contribution in [0.3, 0.4) is 0 Å². The Labute approximate surface area is 259 Å². The van der Waals surface area contributed by atoms with Crippen molar-refractivity contribution < 1.29 is 35.5 Å². The Bertz CT molecular complexity index is 1730. The van der Waals surface area contributed by atoms with E-state index >= 15 is 4.39 Å². The van der Waals surface area contributed by atoms with Crippen molar-refractivity contribution >= 4 is 22.5 Å². The third kappa shape index (κ3) is 5.28. The van der Waals surface area contributed by atoms with Gasteiger partial charge in [0, 0.05) is 44.4 Å². The largest absolute Gasteiger partial charge is 0.461 e. The first-order valence-electron chi connectivity index (χ1n) is 15.1. The second-order valence-corrected chi connectivity index (χ2v) is 12.8. The van der Waals surface area contributed by atoms with Crippen molar-refractivity contribution in [3.63, 3.8) is 0 Å². The Morgan fingerprint density at radius 3 is 2.74 bits per heavy atom. The van der Waals surface area contributed by atoms with Crippen LogP contribution >= 0.6 is 0 Å². The topological polar surface area (TPSA) is 105 Å². The SMILES string of the molecule is Cc1cc(N)nc(-c2ncc3c(N4C[C@H]5CC[C@@](C=C(F)F)(C4)N5)nc(OCC45CCCN4C[C@H](F)C5)nc3c2F)c1C(F)(F)F. The lowest BCUT2D eigenvalue weighted by molar-refractivity contribution is -0.137. The summed E-state index contributed by atoms with van der Waals surface area (Å²) in [6, 6.07) is 0.579. The molecule has 9 nitrogen and oxygen atoms in total. The first kappa shape index (κ1) is 30.8. The average Bonchev–Trinajstić information content (AvgIpc) is 3.58. The molecule has 0 spiro atoms. The number of nitrogens with zero attached hydrogens (tertiary/aromatic N) is 6. The van der Waals surface area contributed by atoms with Gasteiger partial charge in [-0.2, -0.15) is 31.9 Å². The molecule has 4 aliphatic rings. The summed E-state index contributed by atoms with van der Waals surface area (Å²) in [7, 11) is 0. The van der Waals surface area contributed by atoms with E-state index in [0.29, 0.717) is 32.4 Å². The number of hydrogen-bond donors (Lipinski definition) is 2. The van der Waals surface area contributed by atoms with Gasteiger partial charge >= 0.3 is 12.2 Å². The summed E-state index contributed by atoms with van der Waals surface area (Å²) >= 11 is 0. The highest BCUT2D eigenvalue weighted by atomic mass is 19.4. The van der Waals surface area contributed by atoms with Gasteiger partial charge in [0.1, 0.15) is 41.3 Å². The van der Waals surface area contributed by atoms with E-state index < -0.39 is 52.3 Å². The quantitative estimate of drug-likeness (QED) is 0.349. The highest BCUT2D eigenvalue weighted by Gasteiger charge is 2.50. The minimum absolute atomic E-state index is 0.00996. The van der Waals surface area contributed by atoms with Crippen LogP contribution in [-0.2, 0) is 6.18 Å². The number of nitrogens with one attached hydrogen (secondary N) is 1. The second-order valence-electron chi connectivity index (χ2n) is 12.8. The van der Waals surface area contributed by atoms with Crippen molar-refractivity contribution in [2.24, 2.45) is 0 Å². The summed E-state index contributed by atoms with van der Waals surface area (Å²) in [6.07, 6.45) is -2.95. The van der Waals surface area contributed by atoms with Crippen molar-refractivity contribution in [2.75, 3.05) is 43.4 Å². The van der Waals surface area contributed by atoms with E-state index in [1.807, 2.05) is 4.90 Å². The molecule has 4 saturated heterocycles. The highest BCUT2D eigenvalue weighted by Crippen LogP contribution is 2.43. The molecule has 3 N–H and O–H groups in total. The maximum absolute atomic E-state index is 16.5. The van der Waals surface area contributed by atoms with Crippen molar-refractivity contribution in [1.82, 2.24) is 30.2 Å². The first-order valence-corrected chi connectivity index (χ1v) is 15.1. The third-order valence-electron chi connectivity index (χ3n) is 9.65. The molecule has 1 unspecified atom stereocenters. The molecule has 0 amide bonds. The standard InChI is InChI=1S/C30H31F7N8O/c1-15-7-20(38)40-24(21(15)30(35,36)37)25-22(34)23-18(10-39-25)26(44-12-17-3-5-28(13-44,43-17)9-19(32)33)42-27(41-23)46-14-29-4-2-6-45(29)11-16(31)8-29/h7,9-10,16-17,43H,2-6,8,11-14H2,1H3,(H2,38,40)/t16-,17-,28-,29?/m1/s1. The highest BCUT2D eigenvalue weighted by molar-refractivity contribution is 5.92. The Morgan fingerprint density at radius 2 is 1.98 bits per heavy atom. The van der Waals surface area contributed by atoms with E-state index in [1.54, 1.807) is 4.90 Å². The van der Waals surface area contributed by atoms with Gasteiger partial charge in [0.2, 0.25) is 0 Å². The van der Waals surface area contributed by atoms with Crippen LogP contribution in [0, 0.1) is 12.7 Å². The molecular weight excluding hydrogens is 621 g/mol. The minimum atomic E-state index is -4.90. The average molecular weight is 653 g/mol. The van der Waals surface area contributed by atoms with Crippen LogP contribution < -0.4 is 20.7 Å². The van der Waals surface area contributed by atoms with Crippen molar-refractivity contribution in [3.05, 3.63) is 41.4 Å². The number of nitrogens with two attached hydrogens (primary N) is 1. The Morgan fingerprint density at radius 1 is 1.17 bits per heavy atom. The minimum Gasteiger partial charge on any atom is -0.461 e. The lowest BCUT2D eigenvalue weighted by atomic mass is 9.95. The van der Waals surface area contributed by atoms with E-state index in [1.165, 1.54) is 6.92 Å². The number of alkyl halides is 4. The number of anilines is 2. The molecule has 246 valence electrons. The van der Waals surface area contributed by atoms with Crippen LogP contribution in [0.5, 0.6) is 6.01 Å². The summed E-state index contributed by atoms with van der Waals surface area (Å²) < 4.78 is 106. The van der Waals surface area contributed by atoms with Crippen molar-refractivity contribution in [1.29, 1.82) is 0 Å². The van der Waals surface area contributed by atoms with Gasteiger partial charge in [0.25, 0.3) is 6.08 Å². The molecule has 0 aliphatic carbocycles. The molecule has 0 aromatic carbocycles. The number of piperazine rings is 1. The number of rotatable bonds is 6. The number of halogens is 7. The van der Waals surface area contributed by atoms with Crippen molar-refractivity contribution in [2.45, 2.75) is 68.5 Å². The maximum Gasteiger partial charge on any atom is 0.418 e. The van der Waals surface area contributed by atoms with Crippen LogP contribution in [0.15, 0.2) is 24.4 Å². The molecule has 3 aromatic rings. The Hall–Kier alpha value is -3.79. The molecule has 7 heterocycles. The van der Waals surface area contributed by atoms with E-state index in [4.69, 9.17) is 10.5 Å². The molecule has 0 radical (unpaired) electrons. The number of nitrogen functional groups attached to an aromatic ring is 1. The molecule has 46 heavy (non-hydrogen) atoms. The summed E-state index contributed by atoms with van der Waals surface area (Å²) in [5.41, 5.74) is 0.752. The normalized spacial score (nSPS) is 27.8. The predicted octanol–water partition coefficient (Wildman–Crippen LogP) is 5.18. The third-order valence-corrected chi connectivity index (χ3v) is 9.65. The lowest BCUT2D eigenvalue weighted by Crippen LogP contribution is -2.59. The zero-order valence-electron chi connectivity index (χ0n) is 24.8.